The lowest BCUT2D eigenvalue weighted by Crippen LogP contribution is -2.13. The van der Waals surface area contributed by atoms with Gasteiger partial charge in [-0.2, -0.15) is 18.4 Å². The van der Waals surface area contributed by atoms with Crippen LogP contribution in [-0.2, 0) is 10.9 Å². The second-order valence-electron chi connectivity index (χ2n) is 7.85. The molecule has 4 rings (SSSR count). The Kier molecular flexibility index (Phi) is 6.33. The fraction of sp³-hybridized carbons (Fsp3) is 0.391. The number of halogens is 3. The number of aromatic nitrogens is 3. The van der Waals surface area contributed by atoms with E-state index in [0.717, 1.165) is 31.2 Å². The van der Waals surface area contributed by atoms with E-state index in [2.05, 4.69) is 26.3 Å². The summed E-state index contributed by atoms with van der Waals surface area (Å²) in [7, 11) is 0. The number of alkyl halides is 3. The molecule has 7 nitrogen and oxygen atoms in total. The third-order valence-electron chi connectivity index (χ3n) is 5.15. The molecule has 1 saturated carbocycles. The number of anilines is 1. The third-order valence-corrected chi connectivity index (χ3v) is 5.15. The van der Waals surface area contributed by atoms with Crippen molar-refractivity contribution in [2.75, 3.05) is 18.5 Å². The Bertz CT molecular complexity index is 1210. The van der Waals surface area contributed by atoms with Crippen molar-refractivity contribution in [1.29, 1.82) is 5.26 Å². The van der Waals surface area contributed by atoms with Crippen LogP contribution in [0.2, 0.25) is 0 Å². The van der Waals surface area contributed by atoms with Gasteiger partial charge in [-0.25, -0.2) is 9.97 Å². The molecule has 1 atom stereocenters. The average molecular weight is 457 g/mol. The Morgan fingerprint density at radius 2 is 2.00 bits per heavy atom. The molecule has 1 aliphatic carbocycles. The summed E-state index contributed by atoms with van der Waals surface area (Å²) in [6.07, 6.45) is -0.903. The zero-order valence-electron chi connectivity index (χ0n) is 18.1. The molecule has 1 aromatic carbocycles. The summed E-state index contributed by atoms with van der Waals surface area (Å²) in [6, 6.07) is 6.76. The normalized spacial score (nSPS) is 14.7. The highest BCUT2D eigenvalue weighted by Crippen LogP contribution is 2.33. The minimum Gasteiger partial charge on any atom is -0.490 e. The monoisotopic (exact) mass is 457 g/mol. The van der Waals surface area contributed by atoms with E-state index in [1.807, 2.05) is 0 Å². The maximum atomic E-state index is 13.1. The molecule has 172 valence electrons. The average Bonchev–Trinajstić information content (AvgIpc) is 3.60. The summed E-state index contributed by atoms with van der Waals surface area (Å²) in [6.45, 7) is 4.10. The fourth-order valence-corrected chi connectivity index (χ4v) is 3.33. The van der Waals surface area contributed by atoms with Crippen molar-refractivity contribution in [1.82, 2.24) is 15.0 Å². The number of ether oxygens (including phenoxy) is 2. The van der Waals surface area contributed by atoms with E-state index in [1.165, 1.54) is 0 Å². The Labute approximate surface area is 188 Å². The molecule has 1 N–H and O–H groups in total. The summed E-state index contributed by atoms with van der Waals surface area (Å²) in [4.78, 5) is 12.9. The lowest BCUT2D eigenvalue weighted by molar-refractivity contribution is -0.137. The number of nitrogens with zero attached hydrogens (tertiary/aromatic N) is 4. The predicted molar refractivity (Wildman–Crippen MR) is 115 cm³/mol. The van der Waals surface area contributed by atoms with Gasteiger partial charge in [0, 0.05) is 11.6 Å². The first-order chi connectivity index (χ1) is 15.7. The van der Waals surface area contributed by atoms with Gasteiger partial charge in [-0.15, -0.1) is 0 Å². The number of hydrogen-bond acceptors (Lipinski definition) is 7. The molecule has 2 aromatic heterocycles. The molecule has 33 heavy (non-hydrogen) atoms. The van der Waals surface area contributed by atoms with Crippen LogP contribution in [0.15, 0.2) is 30.5 Å². The number of nitrogens with one attached hydrogen (secondary N) is 1. The van der Waals surface area contributed by atoms with E-state index in [9.17, 15) is 18.4 Å². The van der Waals surface area contributed by atoms with Gasteiger partial charge >= 0.3 is 6.18 Å². The van der Waals surface area contributed by atoms with Crippen LogP contribution in [0.3, 0.4) is 0 Å². The quantitative estimate of drug-likeness (QED) is 0.478. The maximum absolute atomic E-state index is 13.1. The summed E-state index contributed by atoms with van der Waals surface area (Å²) in [5.74, 6) is 1.22. The number of pyridine rings is 1. The number of nitriles is 1. The molecule has 1 fully saturated rings. The largest absolute Gasteiger partial charge is 0.490 e. The van der Waals surface area contributed by atoms with Gasteiger partial charge in [-0.3, -0.25) is 4.98 Å². The van der Waals surface area contributed by atoms with Crippen molar-refractivity contribution >= 4 is 16.7 Å². The SMILES string of the molecule is Cc1nc(N[C@H](C)c2cc(C(F)(F)F)ccn2)c2cc(OCCOC3CC3)c(C#N)cc2n1. The third kappa shape index (κ3) is 5.49. The molecular weight excluding hydrogens is 435 g/mol. The van der Waals surface area contributed by atoms with Crippen LogP contribution in [0.1, 0.15) is 48.5 Å². The van der Waals surface area contributed by atoms with E-state index in [-0.39, 0.29) is 12.3 Å². The highest BCUT2D eigenvalue weighted by atomic mass is 19.4. The summed E-state index contributed by atoms with van der Waals surface area (Å²) < 4.78 is 50.6. The van der Waals surface area contributed by atoms with Gasteiger partial charge in [-0.1, -0.05) is 0 Å². The molecule has 1 aliphatic rings. The minimum atomic E-state index is -4.46. The zero-order chi connectivity index (χ0) is 23.6. The first-order valence-electron chi connectivity index (χ1n) is 10.5. The summed E-state index contributed by atoms with van der Waals surface area (Å²) in [5.41, 5.74) is 0.294. The standard InChI is InChI=1S/C23H22F3N5O2/c1-13(19-10-16(5-6-28-19)23(24,25)26)29-22-18-11-21(33-8-7-32-17-3-4-17)15(12-27)9-20(18)30-14(2)31-22/h5-6,9-11,13,17H,3-4,7-8H2,1-2H3,(H,29,30,31)/t13-/m1/s1. The molecule has 0 unspecified atom stereocenters. The topological polar surface area (TPSA) is 93.0 Å². The highest BCUT2D eigenvalue weighted by molar-refractivity contribution is 5.91. The molecule has 0 saturated heterocycles. The van der Waals surface area contributed by atoms with Crippen molar-refractivity contribution in [3.8, 4) is 11.8 Å². The number of aryl methyl sites for hydroxylation is 1. The highest BCUT2D eigenvalue weighted by Gasteiger charge is 2.31. The summed E-state index contributed by atoms with van der Waals surface area (Å²) in [5, 5.41) is 13.2. The molecule has 0 amide bonds. The van der Waals surface area contributed by atoms with Crippen LogP contribution in [0.25, 0.3) is 10.9 Å². The van der Waals surface area contributed by atoms with Crippen molar-refractivity contribution in [2.24, 2.45) is 0 Å². The van der Waals surface area contributed by atoms with E-state index < -0.39 is 17.8 Å². The zero-order valence-corrected chi connectivity index (χ0v) is 18.1. The Balaban J connectivity index is 1.62. The molecule has 0 bridgehead atoms. The number of fused-ring (bicyclic) bond motifs is 1. The van der Waals surface area contributed by atoms with Gasteiger partial charge in [0.05, 0.1) is 41.1 Å². The molecule has 2 heterocycles. The lowest BCUT2D eigenvalue weighted by Gasteiger charge is -2.18. The van der Waals surface area contributed by atoms with Crippen LogP contribution >= 0.6 is 0 Å². The van der Waals surface area contributed by atoms with Crippen LogP contribution in [0.5, 0.6) is 5.75 Å². The number of rotatable bonds is 8. The molecule has 0 aliphatic heterocycles. The summed E-state index contributed by atoms with van der Waals surface area (Å²) >= 11 is 0. The Morgan fingerprint density at radius 1 is 1.21 bits per heavy atom. The Hall–Kier alpha value is -3.45. The second kappa shape index (κ2) is 9.19. The van der Waals surface area contributed by atoms with Gasteiger partial charge < -0.3 is 14.8 Å². The van der Waals surface area contributed by atoms with Crippen molar-refractivity contribution < 1.29 is 22.6 Å². The van der Waals surface area contributed by atoms with E-state index in [0.29, 0.717) is 46.6 Å². The smallest absolute Gasteiger partial charge is 0.416 e. The molecule has 0 radical (unpaired) electrons. The first-order valence-corrected chi connectivity index (χ1v) is 10.5. The van der Waals surface area contributed by atoms with E-state index in [4.69, 9.17) is 9.47 Å². The number of hydrogen-bond donors (Lipinski definition) is 1. The minimum absolute atomic E-state index is 0.219. The molecular formula is C23H22F3N5O2. The van der Waals surface area contributed by atoms with Crippen molar-refractivity contribution in [2.45, 2.75) is 45.0 Å². The lowest BCUT2D eigenvalue weighted by atomic mass is 10.1. The Morgan fingerprint density at radius 3 is 2.70 bits per heavy atom. The van der Waals surface area contributed by atoms with Crippen LogP contribution in [-0.4, -0.2) is 34.3 Å². The van der Waals surface area contributed by atoms with Crippen LogP contribution in [0.4, 0.5) is 19.0 Å². The van der Waals surface area contributed by atoms with Gasteiger partial charge in [0.1, 0.15) is 30.1 Å². The van der Waals surface area contributed by atoms with Gasteiger partial charge in [0.25, 0.3) is 0 Å². The van der Waals surface area contributed by atoms with Crippen molar-refractivity contribution in [3.05, 3.63) is 53.1 Å². The van der Waals surface area contributed by atoms with Crippen molar-refractivity contribution in [3.63, 3.8) is 0 Å². The molecule has 10 heteroatoms. The first kappa shape index (κ1) is 22.7. The molecule has 0 spiro atoms. The van der Waals surface area contributed by atoms with E-state index in [1.54, 1.807) is 26.0 Å². The second-order valence-corrected chi connectivity index (χ2v) is 7.85. The maximum Gasteiger partial charge on any atom is 0.416 e. The van der Waals surface area contributed by atoms with Gasteiger partial charge in [0.2, 0.25) is 0 Å². The van der Waals surface area contributed by atoms with E-state index >= 15 is 0 Å². The molecule has 3 aromatic rings. The van der Waals surface area contributed by atoms with Gasteiger partial charge in [0.15, 0.2) is 0 Å². The fourth-order valence-electron chi connectivity index (χ4n) is 3.33. The van der Waals surface area contributed by atoms with Crippen LogP contribution in [0, 0.1) is 18.3 Å². The number of benzene rings is 1. The van der Waals surface area contributed by atoms with Crippen LogP contribution < -0.4 is 10.1 Å². The van der Waals surface area contributed by atoms with Gasteiger partial charge in [-0.05, 0) is 51.0 Å². The predicted octanol–water partition coefficient (Wildman–Crippen LogP) is 4.95.